The molecule has 0 spiro atoms. The summed E-state index contributed by atoms with van der Waals surface area (Å²) >= 11 is 1.92. The highest BCUT2D eigenvalue weighted by molar-refractivity contribution is 7.27. The molecule has 0 N–H and O–H groups in total. The number of nitrogens with zero attached hydrogens (tertiary/aromatic N) is 1. The van der Waals surface area contributed by atoms with Gasteiger partial charge in [0.25, 0.3) is 0 Å². The highest BCUT2D eigenvalue weighted by Crippen LogP contribution is 2.51. The molecule has 44 heavy (non-hydrogen) atoms. The Morgan fingerprint density at radius 3 is 1.57 bits per heavy atom. The molecule has 0 fully saturated rings. The van der Waals surface area contributed by atoms with Crippen molar-refractivity contribution in [2.45, 2.75) is 0 Å². The molecule has 0 radical (unpaired) electrons. The molecule has 2 aromatic heterocycles. The highest BCUT2D eigenvalue weighted by atomic mass is 32.1. The molecule has 10 rings (SSSR count). The van der Waals surface area contributed by atoms with Crippen molar-refractivity contribution in [2.75, 3.05) is 0 Å². The van der Waals surface area contributed by atoms with Gasteiger partial charge in [0, 0.05) is 52.8 Å². The number of hydrogen-bond acceptors (Lipinski definition) is 1. The van der Waals surface area contributed by atoms with Crippen LogP contribution in [0, 0.1) is 0 Å². The highest BCUT2D eigenvalue weighted by Gasteiger charge is 2.24. The Balaban J connectivity index is 1.51. The van der Waals surface area contributed by atoms with Crippen molar-refractivity contribution in [3.8, 4) is 16.8 Å². The summed E-state index contributed by atoms with van der Waals surface area (Å²) in [7, 11) is 0. The third-order valence-electron chi connectivity index (χ3n) is 9.34. The van der Waals surface area contributed by atoms with Crippen LogP contribution in [0.25, 0.3) is 91.1 Å². The molecule has 204 valence electrons. The van der Waals surface area contributed by atoms with Crippen LogP contribution < -0.4 is 0 Å². The van der Waals surface area contributed by atoms with E-state index >= 15 is 0 Å². The zero-order chi connectivity index (χ0) is 28.8. The van der Waals surface area contributed by atoms with Crippen molar-refractivity contribution in [3.05, 3.63) is 152 Å². The van der Waals surface area contributed by atoms with E-state index in [-0.39, 0.29) is 0 Å². The summed E-state index contributed by atoms with van der Waals surface area (Å²) < 4.78 is 5.26. The quantitative estimate of drug-likeness (QED) is 0.181. The minimum Gasteiger partial charge on any atom is -0.308 e. The van der Waals surface area contributed by atoms with Gasteiger partial charge in [0.15, 0.2) is 0 Å². The molecule has 0 bridgehead atoms. The topological polar surface area (TPSA) is 4.93 Å². The lowest BCUT2D eigenvalue weighted by Crippen LogP contribution is -1.96. The first-order valence-electron chi connectivity index (χ1n) is 15.1. The SMILES string of the molecule is c1ccc(-c2ccc(-n3c4c5ccccc5c5ccccc5c4c4c5c6ccccc6sc5c5ccccc5c43)cc2)cc1. The van der Waals surface area contributed by atoms with Gasteiger partial charge in [0.1, 0.15) is 0 Å². The van der Waals surface area contributed by atoms with Crippen LogP contribution in [0.4, 0.5) is 0 Å². The Labute approximate surface area is 257 Å². The average molecular weight is 576 g/mol. The van der Waals surface area contributed by atoms with E-state index in [9.17, 15) is 0 Å². The van der Waals surface area contributed by atoms with Crippen LogP contribution in [0.1, 0.15) is 0 Å². The summed E-state index contributed by atoms with van der Waals surface area (Å²) in [5.74, 6) is 0. The molecule has 0 aliphatic rings. The molecular weight excluding hydrogens is 551 g/mol. The van der Waals surface area contributed by atoms with Crippen LogP contribution in [-0.4, -0.2) is 4.57 Å². The van der Waals surface area contributed by atoms with Gasteiger partial charge in [-0.05, 0) is 45.5 Å². The molecule has 0 saturated heterocycles. The van der Waals surface area contributed by atoms with E-state index in [1.165, 1.54) is 91.1 Å². The summed E-state index contributed by atoms with van der Waals surface area (Å²) in [6.07, 6.45) is 0. The molecule has 0 aliphatic heterocycles. The Kier molecular flexibility index (Phi) is 4.94. The summed E-state index contributed by atoms with van der Waals surface area (Å²) in [6.45, 7) is 0. The fourth-order valence-electron chi connectivity index (χ4n) is 7.51. The lowest BCUT2D eigenvalue weighted by molar-refractivity contribution is 1.19. The van der Waals surface area contributed by atoms with Gasteiger partial charge in [0.05, 0.1) is 11.0 Å². The number of hydrogen-bond donors (Lipinski definition) is 0. The first kappa shape index (κ1) is 24.0. The van der Waals surface area contributed by atoms with Crippen molar-refractivity contribution in [1.29, 1.82) is 0 Å². The van der Waals surface area contributed by atoms with Crippen molar-refractivity contribution < 1.29 is 0 Å². The lowest BCUT2D eigenvalue weighted by atomic mass is 9.94. The summed E-state index contributed by atoms with van der Waals surface area (Å²) in [5.41, 5.74) is 6.18. The van der Waals surface area contributed by atoms with Gasteiger partial charge in [-0.1, -0.05) is 133 Å². The Bertz CT molecular complexity index is 2750. The van der Waals surface area contributed by atoms with Crippen molar-refractivity contribution in [2.24, 2.45) is 0 Å². The third-order valence-corrected chi connectivity index (χ3v) is 10.5. The molecule has 8 aromatic carbocycles. The molecular formula is C42H25NS. The summed E-state index contributed by atoms with van der Waals surface area (Å²) in [6, 6.07) is 55.7. The van der Waals surface area contributed by atoms with Gasteiger partial charge in [-0.2, -0.15) is 0 Å². The van der Waals surface area contributed by atoms with Crippen molar-refractivity contribution >= 4 is 85.6 Å². The molecule has 0 atom stereocenters. The lowest BCUT2D eigenvalue weighted by Gasteiger charge is -2.13. The molecule has 0 amide bonds. The van der Waals surface area contributed by atoms with E-state index in [1.807, 2.05) is 11.3 Å². The zero-order valence-electron chi connectivity index (χ0n) is 23.8. The smallest absolute Gasteiger partial charge is 0.0627 e. The monoisotopic (exact) mass is 575 g/mol. The normalized spacial score (nSPS) is 12.1. The summed E-state index contributed by atoms with van der Waals surface area (Å²) in [5, 5.41) is 13.2. The minimum atomic E-state index is 1.18. The average Bonchev–Trinajstić information content (AvgIpc) is 3.66. The van der Waals surface area contributed by atoms with E-state index in [2.05, 4.69) is 156 Å². The van der Waals surface area contributed by atoms with Crippen LogP contribution in [0.5, 0.6) is 0 Å². The van der Waals surface area contributed by atoms with Crippen LogP contribution >= 0.6 is 11.3 Å². The van der Waals surface area contributed by atoms with Crippen LogP contribution in [0.3, 0.4) is 0 Å². The van der Waals surface area contributed by atoms with Gasteiger partial charge < -0.3 is 4.57 Å². The van der Waals surface area contributed by atoms with Crippen molar-refractivity contribution in [3.63, 3.8) is 0 Å². The first-order valence-corrected chi connectivity index (χ1v) is 15.9. The van der Waals surface area contributed by atoms with Gasteiger partial charge in [-0.25, -0.2) is 0 Å². The molecule has 0 aliphatic carbocycles. The summed E-state index contributed by atoms with van der Waals surface area (Å²) in [4.78, 5) is 0. The number of aromatic nitrogens is 1. The molecule has 2 heterocycles. The van der Waals surface area contributed by atoms with Gasteiger partial charge in [-0.15, -0.1) is 11.3 Å². The zero-order valence-corrected chi connectivity index (χ0v) is 24.6. The molecule has 0 unspecified atom stereocenters. The van der Waals surface area contributed by atoms with Crippen molar-refractivity contribution in [1.82, 2.24) is 4.57 Å². The second-order valence-electron chi connectivity index (χ2n) is 11.6. The standard InChI is InChI=1S/C42H25NS/c1-2-12-26(13-3-1)27-22-24-28(25-23-27)43-40-32-17-7-5-15-30(32)29-14-4-6-16-31(29)37(40)39-38-35-20-10-11-21-36(35)44-42(38)34-19-9-8-18-33(34)41(39)43/h1-25H. The maximum atomic E-state index is 2.56. The number of rotatable bonds is 2. The Morgan fingerprint density at radius 1 is 0.341 bits per heavy atom. The number of benzene rings is 8. The van der Waals surface area contributed by atoms with Gasteiger partial charge in [-0.3, -0.25) is 0 Å². The number of fused-ring (bicyclic) bond motifs is 15. The van der Waals surface area contributed by atoms with E-state index in [0.717, 1.165) is 0 Å². The second-order valence-corrected chi connectivity index (χ2v) is 12.7. The van der Waals surface area contributed by atoms with E-state index in [4.69, 9.17) is 0 Å². The molecule has 2 heteroatoms. The molecule has 10 aromatic rings. The van der Waals surface area contributed by atoms with Gasteiger partial charge in [0.2, 0.25) is 0 Å². The van der Waals surface area contributed by atoms with Crippen LogP contribution in [0.15, 0.2) is 152 Å². The maximum Gasteiger partial charge on any atom is 0.0627 e. The molecule has 0 saturated carbocycles. The van der Waals surface area contributed by atoms with E-state index < -0.39 is 0 Å². The minimum absolute atomic E-state index is 1.18. The van der Waals surface area contributed by atoms with Crippen LogP contribution in [0.2, 0.25) is 0 Å². The number of thiophene rings is 1. The predicted octanol–water partition coefficient (Wildman–Crippen LogP) is 12.3. The third kappa shape index (κ3) is 3.18. The first-order chi connectivity index (χ1) is 21.9. The van der Waals surface area contributed by atoms with E-state index in [1.54, 1.807) is 0 Å². The van der Waals surface area contributed by atoms with Gasteiger partial charge >= 0.3 is 0 Å². The Hall–Kier alpha value is -5.44. The largest absolute Gasteiger partial charge is 0.308 e. The second kappa shape index (κ2) is 9.03. The fourth-order valence-corrected chi connectivity index (χ4v) is 8.76. The molecule has 1 nitrogen and oxygen atoms in total. The maximum absolute atomic E-state index is 2.56. The van der Waals surface area contributed by atoms with Crippen LogP contribution in [-0.2, 0) is 0 Å². The predicted molar refractivity (Wildman–Crippen MR) is 192 cm³/mol. The fraction of sp³-hybridized carbons (Fsp3) is 0. The van der Waals surface area contributed by atoms with E-state index in [0.29, 0.717) is 0 Å². The Morgan fingerprint density at radius 2 is 0.841 bits per heavy atom.